The molecule has 0 aromatic carbocycles. The van der Waals surface area contributed by atoms with Crippen LogP contribution < -0.4 is 0 Å². The molecule has 2 saturated heterocycles. The van der Waals surface area contributed by atoms with Gasteiger partial charge in [0.2, 0.25) is 0 Å². The van der Waals surface area contributed by atoms with Crippen LogP contribution in [0.25, 0.3) is 0 Å². The minimum Gasteiger partial charge on any atom is -0.463 e. The van der Waals surface area contributed by atoms with Crippen molar-refractivity contribution in [1.29, 1.82) is 0 Å². The molecular weight excluding hydrogens is 624 g/mol. The normalized spacial score (nSPS) is 30.6. The van der Waals surface area contributed by atoms with E-state index in [0.29, 0.717) is 0 Å². The number of rotatable bonds is 13. The lowest BCUT2D eigenvalue weighted by atomic mass is 9.96. The van der Waals surface area contributed by atoms with Gasteiger partial charge in [-0.15, -0.1) is 0 Å². The van der Waals surface area contributed by atoms with Gasteiger partial charge in [0, 0.05) is 55.1 Å². The van der Waals surface area contributed by atoms with Crippen molar-refractivity contribution >= 4 is 41.8 Å². The summed E-state index contributed by atoms with van der Waals surface area (Å²) >= 11 is 0. The molecule has 46 heavy (non-hydrogen) atoms. The van der Waals surface area contributed by atoms with Crippen LogP contribution in [0.4, 0.5) is 0 Å². The summed E-state index contributed by atoms with van der Waals surface area (Å²) in [5, 5.41) is 0. The highest BCUT2D eigenvalue weighted by Gasteiger charge is 2.57. The Kier molecular flexibility index (Phi) is 14.8. The molecule has 10 atom stereocenters. The van der Waals surface area contributed by atoms with E-state index in [1.807, 2.05) is 0 Å². The number of hydrogen-bond donors (Lipinski definition) is 0. The predicted octanol–water partition coefficient (Wildman–Crippen LogP) is -0.357. The first kappa shape index (κ1) is 38.3. The van der Waals surface area contributed by atoms with Gasteiger partial charge in [-0.05, 0) is 6.92 Å². The Morgan fingerprint density at radius 1 is 0.457 bits per heavy atom. The highest BCUT2D eigenvalue weighted by atomic mass is 16.8. The lowest BCUT2D eigenvalue weighted by Crippen LogP contribution is -2.67. The van der Waals surface area contributed by atoms with Crippen LogP contribution in [0.5, 0.6) is 0 Å². The van der Waals surface area contributed by atoms with E-state index in [-0.39, 0.29) is 6.61 Å². The van der Waals surface area contributed by atoms with E-state index in [4.69, 9.17) is 52.1 Å². The van der Waals surface area contributed by atoms with E-state index < -0.39 is 116 Å². The maximum atomic E-state index is 12.3. The summed E-state index contributed by atoms with van der Waals surface area (Å²) in [6.45, 7) is 8.16. The Hall–Kier alpha value is -3.87. The number of carbonyl (C=O) groups is 7. The van der Waals surface area contributed by atoms with Crippen LogP contribution in [0, 0.1) is 0 Å². The second kappa shape index (κ2) is 17.7. The summed E-state index contributed by atoms with van der Waals surface area (Å²) in [4.78, 5) is 84.4. The minimum atomic E-state index is -1.76. The van der Waals surface area contributed by atoms with Crippen LogP contribution in [-0.4, -0.2) is 123 Å². The molecule has 2 aliphatic heterocycles. The molecule has 0 aliphatic carbocycles. The molecule has 0 aromatic heterocycles. The van der Waals surface area contributed by atoms with Gasteiger partial charge in [-0.2, -0.15) is 0 Å². The molecule has 260 valence electrons. The zero-order valence-corrected chi connectivity index (χ0v) is 26.7. The van der Waals surface area contributed by atoms with E-state index in [2.05, 4.69) is 0 Å². The summed E-state index contributed by atoms with van der Waals surface area (Å²) in [6, 6.07) is 0. The van der Waals surface area contributed by atoms with Gasteiger partial charge in [0.15, 0.2) is 43.1 Å². The third-order valence-electron chi connectivity index (χ3n) is 6.22. The molecule has 2 heterocycles. The van der Waals surface area contributed by atoms with Gasteiger partial charge >= 0.3 is 41.8 Å². The topological polar surface area (TPSA) is 221 Å². The van der Waals surface area contributed by atoms with Crippen molar-refractivity contribution < 1.29 is 85.7 Å². The first-order valence-corrected chi connectivity index (χ1v) is 14.2. The lowest BCUT2D eigenvalue weighted by Gasteiger charge is -2.48. The van der Waals surface area contributed by atoms with Crippen molar-refractivity contribution in [3.05, 3.63) is 0 Å². The van der Waals surface area contributed by atoms with E-state index in [1.54, 1.807) is 6.92 Å². The third-order valence-corrected chi connectivity index (χ3v) is 6.22. The molecule has 0 N–H and O–H groups in total. The van der Waals surface area contributed by atoms with E-state index in [9.17, 15) is 33.6 Å². The largest absolute Gasteiger partial charge is 0.463 e. The summed E-state index contributed by atoms with van der Waals surface area (Å²) < 4.78 is 61.2. The van der Waals surface area contributed by atoms with Crippen LogP contribution in [0.1, 0.15) is 55.4 Å². The standard InChI is InChI=1S/C28H40O18/c1-9-36-27-25(42-17(7)34)24(41-16(6)33)22(20(44-27)11-38-13(3)30)46-28-26(43-18(8)35)23(40-15(5)32)21(39-14(4)31)19(45-28)10-37-12(2)29/h19-28H,9-11H2,1-8H3/t19-,20-,21-,22-,23+,24+,25-,26-,27-,28-/m1/s1. The fourth-order valence-corrected chi connectivity index (χ4v) is 4.77. The van der Waals surface area contributed by atoms with Gasteiger partial charge < -0.3 is 52.1 Å². The Morgan fingerprint density at radius 2 is 0.804 bits per heavy atom. The molecule has 0 unspecified atom stereocenters. The average molecular weight is 665 g/mol. The highest BCUT2D eigenvalue weighted by molar-refractivity contribution is 5.69. The number of ether oxygens (including phenoxy) is 11. The second-order valence-corrected chi connectivity index (χ2v) is 10.1. The molecule has 0 saturated carbocycles. The highest BCUT2D eigenvalue weighted by Crippen LogP contribution is 2.35. The molecule has 2 fully saturated rings. The van der Waals surface area contributed by atoms with Crippen LogP contribution in [0.15, 0.2) is 0 Å². The van der Waals surface area contributed by atoms with E-state index >= 15 is 0 Å². The Morgan fingerprint density at radius 3 is 1.22 bits per heavy atom. The average Bonchev–Trinajstić information content (AvgIpc) is 2.91. The quantitative estimate of drug-likeness (QED) is 0.181. The molecule has 0 spiro atoms. The minimum absolute atomic E-state index is 0.0563. The summed E-state index contributed by atoms with van der Waals surface area (Å²) in [6.07, 6.45) is -15.0. The molecule has 2 aliphatic rings. The van der Waals surface area contributed by atoms with Crippen LogP contribution >= 0.6 is 0 Å². The molecule has 18 nitrogen and oxygen atoms in total. The van der Waals surface area contributed by atoms with Gasteiger partial charge in [0.05, 0.1) is 0 Å². The van der Waals surface area contributed by atoms with Gasteiger partial charge in [-0.1, -0.05) is 0 Å². The van der Waals surface area contributed by atoms with E-state index in [1.165, 1.54) is 0 Å². The van der Waals surface area contributed by atoms with Crippen LogP contribution in [0.2, 0.25) is 0 Å². The predicted molar refractivity (Wildman–Crippen MR) is 145 cm³/mol. The van der Waals surface area contributed by atoms with Crippen molar-refractivity contribution in [3.63, 3.8) is 0 Å². The van der Waals surface area contributed by atoms with Crippen LogP contribution in [0.3, 0.4) is 0 Å². The van der Waals surface area contributed by atoms with Crippen molar-refractivity contribution in [2.45, 2.75) is 117 Å². The second-order valence-electron chi connectivity index (χ2n) is 10.1. The monoisotopic (exact) mass is 664 g/mol. The summed E-state index contributed by atoms with van der Waals surface area (Å²) in [7, 11) is 0. The molecule has 0 bridgehead atoms. The molecular formula is C28H40O18. The van der Waals surface area contributed by atoms with Crippen molar-refractivity contribution in [1.82, 2.24) is 0 Å². The van der Waals surface area contributed by atoms with Gasteiger partial charge in [-0.3, -0.25) is 33.6 Å². The molecule has 0 aromatic rings. The van der Waals surface area contributed by atoms with Crippen molar-refractivity contribution in [2.24, 2.45) is 0 Å². The fraction of sp³-hybridized carbons (Fsp3) is 0.750. The van der Waals surface area contributed by atoms with Crippen molar-refractivity contribution in [3.8, 4) is 0 Å². The lowest BCUT2D eigenvalue weighted by molar-refractivity contribution is -0.360. The zero-order valence-electron chi connectivity index (χ0n) is 26.7. The molecule has 0 amide bonds. The first-order valence-electron chi connectivity index (χ1n) is 14.2. The van der Waals surface area contributed by atoms with Gasteiger partial charge in [0.1, 0.15) is 31.5 Å². The van der Waals surface area contributed by atoms with Gasteiger partial charge in [-0.25, -0.2) is 0 Å². The number of carbonyl (C=O) groups excluding carboxylic acids is 7. The Labute approximate surface area is 264 Å². The maximum Gasteiger partial charge on any atom is 0.303 e. The zero-order chi connectivity index (χ0) is 34.7. The Balaban J connectivity index is 2.70. The van der Waals surface area contributed by atoms with Gasteiger partial charge in [0.25, 0.3) is 0 Å². The van der Waals surface area contributed by atoms with Crippen LogP contribution in [-0.2, 0) is 85.7 Å². The SMILES string of the molecule is CCO[C@@H]1O[C@H](COC(C)=O)[C@@H](O[C@H]2O[C@H](COC(C)=O)[C@@H](OC(C)=O)[C@H](OC(C)=O)[C@H]2OC(C)=O)[C@H](OC(C)=O)[C@H]1OC(C)=O. The smallest absolute Gasteiger partial charge is 0.303 e. The summed E-state index contributed by atoms with van der Waals surface area (Å²) in [5.74, 6) is -5.73. The summed E-state index contributed by atoms with van der Waals surface area (Å²) in [5.41, 5.74) is 0. The first-order chi connectivity index (χ1) is 21.5. The molecule has 0 radical (unpaired) electrons. The molecule has 2 rings (SSSR count). The van der Waals surface area contributed by atoms with Crippen molar-refractivity contribution in [2.75, 3.05) is 19.8 Å². The maximum absolute atomic E-state index is 12.3. The third kappa shape index (κ3) is 11.5. The number of hydrogen-bond acceptors (Lipinski definition) is 18. The molecule has 18 heteroatoms. The van der Waals surface area contributed by atoms with E-state index in [0.717, 1.165) is 48.5 Å². The fourth-order valence-electron chi connectivity index (χ4n) is 4.77. The Bertz CT molecular complexity index is 1120. The number of esters is 7.